The highest BCUT2D eigenvalue weighted by molar-refractivity contribution is 5.93. The third-order valence-electron chi connectivity index (χ3n) is 3.52. The Morgan fingerprint density at radius 1 is 1.23 bits per heavy atom. The lowest BCUT2D eigenvalue weighted by Gasteiger charge is -2.08. The van der Waals surface area contributed by atoms with Crippen LogP contribution in [0.5, 0.6) is 0 Å². The SMILES string of the molecule is CCNC(=O)CNC(=O)COC(=O)c1ccc(NC2CC2)c([N+](=O)[O-])c1. The molecule has 1 saturated carbocycles. The Balaban J connectivity index is 1.90. The molecule has 0 bridgehead atoms. The molecule has 2 amide bonds. The summed E-state index contributed by atoms with van der Waals surface area (Å²) in [6, 6.07) is 4.18. The van der Waals surface area contributed by atoms with E-state index in [1.807, 2.05) is 0 Å². The van der Waals surface area contributed by atoms with Gasteiger partial charge in [-0.2, -0.15) is 0 Å². The number of amides is 2. The molecule has 0 radical (unpaired) electrons. The van der Waals surface area contributed by atoms with Gasteiger partial charge in [0.25, 0.3) is 11.6 Å². The zero-order chi connectivity index (χ0) is 19.1. The van der Waals surface area contributed by atoms with Crippen molar-refractivity contribution in [1.29, 1.82) is 0 Å². The maximum atomic E-state index is 12.0. The van der Waals surface area contributed by atoms with Gasteiger partial charge in [0.2, 0.25) is 5.91 Å². The van der Waals surface area contributed by atoms with Crippen molar-refractivity contribution in [2.75, 3.05) is 25.0 Å². The van der Waals surface area contributed by atoms with E-state index >= 15 is 0 Å². The predicted molar refractivity (Wildman–Crippen MR) is 91.7 cm³/mol. The van der Waals surface area contributed by atoms with Crippen LogP contribution in [0.25, 0.3) is 0 Å². The molecular weight excluding hydrogens is 344 g/mol. The number of esters is 1. The van der Waals surface area contributed by atoms with Crippen molar-refractivity contribution in [3.63, 3.8) is 0 Å². The molecule has 0 aliphatic heterocycles. The van der Waals surface area contributed by atoms with E-state index in [0.717, 1.165) is 18.9 Å². The standard InChI is InChI=1S/C16H20N4O6/c1-2-17-14(21)8-18-15(22)9-26-16(23)10-3-6-12(19-11-4-5-11)13(7-10)20(24)25/h3,6-7,11,19H,2,4-5,8-9H2,1H3,(H,17,21)(H,18,22). The second kappa shape index (κ2) is 8.79. The molecule has 0 unspecified atom stereocenters. The molecule has 1 fully saturated rings. The first kappa shape index (κ1) is 19.2. The number of carbonyl (C=O) groups excluding carboxylic acids is 3. The Morgan fingerprint density at radius 2 is 1.96 bits per heavy atom. The Labute approximate surface area is 149 Å². The molecule has 3 N–H and O–H groups in total. The summed E-state index contributed by atoms with van der Waals surface area (Å²) in [6.45, 7) is 1.37. The second-order valence-electron chi connectivity index (χ2n) is 5.71. The number of benzene rings is 1. The smallest absolute Gasteiger partial charge is 0.338 e. The Kier molecular flexibility index (Phi) is 6.48. The molecule has 140 valence electrons. The van der Waals surface area contributed by atoms with Gasteiger partial charge in [-0.1, -0.05) is 0 Å². The van der Waals surface area contributed by atoms with Crippen LogP contribution in [-0.4, -0.2) is 48.4 Å². The number of hydrogen-bond acceptors (Lipinski definition) is 7. The quantitative estimate of drug-likeness (QED) is 0.331. The summed E-state index contributed by atoms with van der Waals surface area (Å²) in [6.07, 6.45) is 1.90. The molecular formula is C16H20N4O6. The summed E-state index contributed by atoms with van der Waals surface area (Å²) in [5.41, 5.74) is 0.0790. The lowest BCUT2D eigenvalue weighted by atomic mass is 10.1. The van der Waals surface area contributed by atoms with Gasteiger partial charge in [-0.3, -0.25) is 19.7 Å². The predicted octanol–water partition coefficient (Wildman–Crippen LogP) is 0.578. The van der Waals surface area contributed by atoms with Crippen LogP contribution in [0.2, 0.25) is 0 Å². The third-order valence-corrected chi connectivity index (χ3v) is 3.52. The van der Waals surface area contributed by atoms with Crippen LogP contribution in [-0.2, 0) is 14.3 Å². The van der Waals surface area contributed by atoms with Crippen LogP contribution < -0.4 is 16.0 Å². The minimum Gasteiger partial charge on any atom is -0.452 e. The zero-order valence-corrected chi connectivity index (χ0v) is 14.2. The monoisotopic (exact) mass is 364 g/mol. The van der Waals surface area contributed by atoms with Crippen molar-refractivity contribution < 1.29 is 24.0 Å². The number of ether oxygens (including phenoxy) is 1. The number of anilines is 1. The molecule has 0 aromatic heterocycles. The van der Waals surface area contributed by atoms with Crippen molar-refractivity contribution in [3.8, 4) is 0 Å². The Morgan fingerprint density at radius 3 is 2.58 bits per heavy atom. The number of nitro benzene ring substituents is 1. The molecule has 10 nitrogen and oxygen atoms in total. The van der Waals surface area contributed by atoms with E-state index in [9.17, 15) is 24.5 Å². The topological polar surface area (TPSA) is 140 Å². The molecule has 26 heavy (non-hydrogen) atoms. The second-order valence-corrected chi connectivity index (χ2v) is 5.71. The Hall–Kier alpha value is -3.17. The van der Waals surface area contributed by atoms with Gasteiger partial charge >= 0.3 is 5.97 Å². The summed E-state index contributed by atoms with van der Waals surface area (Å²) in [5, 5.41) is 19.0. The molecule has 0 heterocycles. The molecule has 0 spiro atoms. The van der Waals surface area contributed by atoms with Gasteiger partial charge < -0.3 is 20.7 Å². The maximum absolute atomic E-state index is 12.0. The molecule has 1 aliphatic rings. The van der Waals surface area contributed by atoms with Crippen LogP contribution in [0.4, 0.5) is 11.4 Å². The summed E-state index contributed by atoms with van der Waals surface area (Å²) in [4.78, 5) is 45.4. The van der Waals surface area contributed by atoms with Crippen LogP contribution in [0.1, 0.15) is 30.1 Å². The van der Waals surface area contributed by atoms with Gasteiger partial charge in [0.05, 0.1) is 17.0 Å². The first-order valence-electron chi connectivity index (χ1n) is 8.16. The highest BCUT2D eigenvalue weighted by Gasteiger charge is 2.26. The normalized spacial score (nSPS) is 12.8. The molecule has 1 aromatic rings. The van der Waals surface area contributed by atoms with Crippen molar-refractivity contribution in [2.45, 2.75) is 25.8 Å². The van der Waals surface area contributed by atoms with Crippen molar-refractivity contribution in [2.24, 2.45) is 0 Å². The lowest BCUT2D eigenvalue weighted by Crippen LogP contribution is -2.38. The highest BCUT2D eigenvalue weighted by atomic mass is 16.6. The first-order chi connectivity index (χ1) is 12.4. The van der Waals surface area contributed by atoms with E-state index in [2.05, 4.69) is 16.0 Å². The summed E-state index contributed by atoms with van der Waals surface area (Å²) in [7, 11) is 0. The van der Waals surface area contributed by atoms with Gasteiger partial charge in [-0.15, -0.1) is 0 Å². The summed E-state index contributed by atoms with van der Waals surface area (Å²) >= 11 is 0. The first-order valence-corrected chi connectivity index (χ1v) is 8.16. The summed E-state index contributed by atoms with van der Waals surface area (Å²) < 4.78 is 4.82. The van der Waals surface area contributed by atoms with Crippen LogP contribution in [0.15, 0.2) is 18.2 Å². The molecule has 1 aliphatic carbocycles. The van der Waals surface area contributed by atoms with E-state index < -0.39 is 23.4 Å². The fourth-order valence-electron chi connectivity index (χ4n) is 2.08. The van der Waals surface area contributed by atoms with Gasteiger partial charge in [0.1, 0.15) is 5.69 Å². The lowest BCUT2D eigenvalue weighted by molar-refractivity contribution is -0.384. The minimum atomic E-state index is -0.862. The van der Waals surface area contributed by atoms with Crippen LogP contribution in [0, 0.1) is 10.1 Å². The van der Waals surface area contributed by atoms with E-state index in [1.54, 1.807) is 6.92 Å². The van der Waals surface area contributed by atoms with Crippen LogP contribution in [0.3, 0.4) is 0 Å². The number of nitrogens with one attached hydrogen (secondary N) is 3. The van der Waals surface area contributed by atoms with Crippen molar-refractivity contribution in [3.05, 3.63) is 33.9 Å². The minimum absolute atomic E-state index is 0.0328. The number of nitrogens with zero attached hydrogens (tertiary/aromatic N) is 1. The highest BCUT2D eigenvalue weighted by Crippen LogP contribution is 2.31. The van der Waals surface area contributed by atoms with E-state index in [1.165, 1.54) is 12.1 Å². The largest absolute Gasteiger partial charge is 0.452 e. The van der Waals surface area contributed by atoms with E-state index in [0.29, 0.717) is 12.2 Å². The molecule has 0 saturated heterocycles. The van der Waals surface area contributed by atoms with Crippen molar-refractivity contribution >= 4 is 29.2 Å². The average molecular weight is 364 g/mol. The maximum Gasteiger partial charge on any atom is 0.338 e. The fourth-order valence-corrected chi connectivity index (χ4v) is 2.08. The van der Waals surface area contributed by atoms with Gasteiger partial charge in [-0.25, -0.2) is 4.79 Å². The van der Waals surface area contributed by atoms with Crippen molar-refractivity contribution in [1.82, 2.24) is 10.6 Å². The average Bonchev–Trinajstić information content (AvgIpc) is 3.42. The number of rotatable bonds is 9. The molecule has 1 aromatic carbocycles. The third kappa shape index (κ3) is 5.72. The number of likely N-dealkylation sites (N-methyl/N-ethyl adjacent to an activating group) is 1. The number of nitro groups is 1. The van der Waals surface area contributed by atoms with E-state index in [4.69, 9.17) is 4.74 Å². The molecule has 10 heteroatoms. The zero-order valence-electron chi connectivity index (χ0n) is 14.2. The number of hydrogen-bond donors (Lipinski definition) is 3. The van der Waals surface area contributed by atoms with Gasteiger partial charge in [-0.05, 0) is 31.9 Å². The van der Waals surface area contributed by atoms with E-state index in [-0.39, 0.29) is 29.7 Å². The molecule has 2 rings (SSSR count). The van der Waals surface area contributed by atoms with Gasteiger partial charge in [0.15, 0.2) is 6.61 Å². The summed E-state index contributed by atoms with van der Waals surface area (Å²) in [5.74, 6) is -1.87. The Bertz CT molecular complexity index is 717. The number of carbonyl (C=O) groups is 3. The fraction of sp³-hybridized carbons (Fsp3) is 0.438. The van der Waals surface area contributed by atoms with Gasteiger partial charge in [0, 0.05) is 18.7 Å². The van der Waals surface area contributed by atoms with Crippen LogP contribution >= 0.6 is 0 Å². The molecule has 0 atom stereocenters.